The number of hydrogen-bond acceptors (Lipinski definition) is 4. The Morgan fingerprint density at radius 1 is 1.40 bits per heavy atom. The average Bonchev–Trinajstić information content (AvgIpc) is 2.78. The molecule has 0 radical (unpaired) electrons. The molecule has 0 spiro atoms. The van der Waals surface area contributed by atoms with Gasteiger partial charge in [0, 0.05) is 23.1 Å². The van der Waals surface area contributed by atoms with Crippen LogP contribution in [-0.4, -0.2) is 30.7 Å². The summed E-state index contributed by atoms with van der Waals surface area (Å²) in [6.45, 7) is 5.35. The fraction of sp³-hybridized carbons (Fsp3) is 0.286. The molecule has 6 heteroatoms. The quantitative estimate of drug-likeness (QED) is 0.771. The van der Waals surface area contributed by atoms with E-state index in [2.05, 4.69) is 15.1 Å². The summed E-state index contributed by atoms with van der Waals surface area (Å²) < 4.78 is 1.68. The number of nitrogens with zero attached hydrogens (tertiary/aromatic N) is 4. The molecule has 0 aromatic carbocycles. The van der Waals surface area contributed by atoms with E-state index in [0.717, 1.165) is 16.8 Å². The predicted molar refractivity (Wildman–Crippen MR) is 73.8 cm³/mol. The summed E-state index contributed by atoms with van der Waals surface area (Å²) in [6, 6.07) is 3.75. The van der Waals surface area contributed by atoms with Crippen LogP contribution in [0.3, 0.4) is 0 Å². The molecule has 0 bridgehead atoms. The Bertz CT molecular complexity index is 838. The molecule has 3 aromatic heterocycles. The Hall–Kier alpha value is -2.50. The highest BCUT2D eigenvalue weighted by Crippen LogP contribution is 2.26. The molecule has 1 atom stereocenters. The fourth-order valence-electron chi connectivity index (χ4n) is 2.59. The molecular formula is C14H14N4O2. The van der Waals surface area contributed by atoms with Crippen molar-refractivity contribution in [2.75, 3.05) is 0 Å². The first kappa shape index (κ1) is 12.5. The van der Waals surface area contributed by atoms with Gasteiger partial charge in [-0.05, 0) is 32.9 Å². The van der Waals surface area contributed by atoms with Crippen LogP contribution in [0, 0.1) is 13.8 Å². The van der Waals surface area contributed by atoms with Crippen molar-refractivity contribution >= 4 is 22.6 Å². The van der Waals surface area contributed by atoms with Crippen LogP contribution >= 0.6 is 0 Å². The van der Waals surface area contributed by atoms with Crippen LogP contribution in [0.5, 0.6) is 0 Å². The molecule has 0 fully saturated rings. The van der Waals surface area contributed by atoms with Gasteiger partial charge in [0.15, 0.2) is 11.3 Å². The SMILES string of the molecule is Cc1nc2c3cccnc3nn2c(C)c1C(C)C(=O)O. The van der Waals surface area contributed by atoms with Gasteiger partial charge < -0.3 is 5.11 Å². The van der Waals surface area contributed by atoms with E-state index in [-0.39, 0.29) is 0 Å². The molecule has 1 unspecified atom stereocenters. The lowest BCUT2D eigenvalue weighted by Crippen LogP contribution is -2.14. The van der Waals surface area contributed by atoms with Gasteiger partial charge in [-0.25, -0.2) is 14.5 Å². The van der Waals surface area contributed by atoms with Crippen molar-refractivity contribution in [2.24, 2.45) is 0 Å². The number of rotatable bonds is 2. The van der Waals surface area contributed by atoms with Crippen molar-refractivity contribution < 1.29 is 9.90 Å². The van der Waals surface area contributed by atoms with Crippen molar-refractivity contribution in [3.05, 3.63) is 35.3 Å². The van der Waals surface area contributed by atoms with Crippen LogP contribution in [0.1, 0.15) is 29.8 Å². The number of carboxylic acid groups (broad SMARTS) is 1. The smallest absolute Gasteiger partial charge is 0.310 e. The monoisotopic (exact) mass is 270 g/mol. The second kappa shape index (κ2) is 4.26. The Kier molecular flexibility index (Phi) is 2.67. The number of aliphatic carboxylic acids is 1. The highest BCUT2D eigenvalue weighted by molar-refractivity contribution is 5.89. The molecule has 0 saturated heterocycles. The first-order chi connectivity index (χ1) is 9.50. The second-order valence-electron chi connectivity index (χ2n) is 4.87. The third-order valence-corrected chi connectivity index (χ3v) is 3.60. The van der Waals surface area contributed by atoms with Gasteiger partial charge in [0.25, 0.3) is 0 Å². The van der Waals surface area contributed by atoms with Gasteiger partial charge in [-0.2, -0.15) is 0 Å². The van der Waals surface area contributed by atoms with Crippen LogP contribution in [0.25, 0.3) is 16.7 Å². The molecule has 3 heterocycles. The minimum Gasteiger partial charge on any atom is -0.481 e. The molecule has 0 saturated carbocycles. The van der Waals surface area contributed by atoms with Gasteiger partial charge in [-0.15, -0.1) is 5.10 Å². The average molecular weight is 270 g/mol. The van der Waals surface area contributed by atoms with Crippen LogP contribution in [0.2, 0.25) is 0 Å². The summed E-state index contributed by atoms with van der Waals surface area (Å²) in [5, 5.41) is 14.5. The number of hydrogen-bond donors (Lipinski definition) is 1. The minimum atomic E-state index is -0.868. The van der Waals surface area contributed by atoms with Gasteiger partial charge in [0.1, 0.15) is 0 Å². The maximum atomic E-state index is 11.2. The Balaban J connectivity index is 2.41. The van der Waals surface area contributed by atoms with Gasteiger partial charge in [-0.1, -0.05) is 0 Å². The maximum absolute atomic E-state index is 11.2. The molecule has 20 heavy (non-hydrogen) atoms. The molecule has 0 aliphatic heterocycles. The zero-order valence-electron chi connectivity index (χ0n) is 11.5. The lowest BCUT2D eigenvalue weighted by Gasteiger charge is -2.14. The van der Waals surface area contributed by atoms with Gasteiger partial charge in [-0.3, -0.25) is 4.79 Å². The molecule has 3 rings (SSSR count). The molecule has 0 amide bonds. The van der Waals surface area contributed by atoms with E-state index in [0.29, 0.717) is 16.9 Å². The summed E-state index contributed by atoms with van der Waals surface area (Å²) in [5.74, 6) is -1.49. The van der Waals surface area contributed by atoms with E-state index in [4.69, 9.17) is 0 Å². The van der Waals surface area contributed by atoms with E-state index in [1.54, 1.807) is 17.6 Å². The summed E-state index contributed by atoms with van der Waals surface area (Å²) in [7, 11) is 0. The Morgan fingerprint density at radius 2 is 2.15 bits per heavy atom. The number of pyridine rings is 1. The second-order valence-corrected chi connectivity index (χ2v) is 4.87. The standard InChI is InChI=1S/C14H14N4O2/c1-7(14(19)20)11-8(2)16-13-10-5-4-6-15-12(10)17-18(13)9(11)3/h4-7H,1-3H3,(H,19,20). The van der Waals surface area contributed by atoms with Crippen LogP contribution < -0.4 is 0 Å². The molecule has 1 N–H and O–H groups in total. The maximum Gasteiger partial charge on any atom is 0.310 e. The van der Waals surface area contributed by atoms with Gasteiger partial charge in [0.05, 0.1) is 11.3 Å². The van der Waals surface area contributed by atoms with E-state index < -0.39 is 11.9 Å². The topological polar surface area (TPSA) is 80.4 Å². The van der Waals surface area contributed by atoms with Crippen LogP contribution in [0.15, 0.2) is 18.3 Å². The molecular weight excluding hydrogens is 256 g/mol. The fourth-order valence-corrected chi connectivity index (χ4v) is 2.59. The molecule has 0 aliphatic rings. The molecule has 3 aromatic rings. The third-order valence-electron chi connectivity index (χ3n) is 3.60. The van der Waals surface area contributed by atoms with Crippen molar-refractivity contribution in [1.29, 1.82) is 0 Å². The van der Waals surface area contributed by atoms with Crippen molar-refractivity contribution in [3.63, 3.8) is 0 Å². The summed E-state index contributed by atoms with van der Waals surface area (Å²) in [5.41, 5.74) is 3.54. The molecule has 0 aliphatic carbocycles. The summed E-state index contributed by atoms with van der Waals surface area (Å²) in [6.07, 6.45) is 1.68. The lowest BCUT2D eigenvalue weighted by molar-refractivity contribution is -0.138. The lowest BCUT2D eigenvalue weighted by atomic mass is 9.98. The first-order valence-electron chi connectivity index (χ1n) is 6.34. The first-order valence-corrected chi connectivity index (χ1v) is 6.34. The van der Waals surface area contributed by atoms with Crippen molar-refractivity contribution in [1.82, 2.24) is 19.6 Å². The third kappa shape index (κ3) is 1.65. The van der Waals surface area contributed by atoms with Crippen molar-refractivity contribution in [3.8, 4) is 0 Å². The van der Waals surface area contributed by atoms with E-state index >= 15 is 0 Å². The zero-order valence-corrected chi connectivity index (χ0v) is 11.5. The number of carbonyl (C=O) groups is 1. The largest absolute Gasteiger partial charge is 0.481 e. The van der Waals surface area contributed by atoms with E-state index in [1.165, 1.54) is 0 Å². The number of fused-ring (bicyclic) bond motifs is 3. The summed E-state index contributed by atoms with van der Waals surface area (Å²) >= 11 is 0. The number of carboxylic acids is 1. The number of aromatic nitrogens is 4. The zero-order chi connectivity index (χ0) is 14.4. The van der Waals surface area contributed by atoms with Crippen LogP contribution in [-0.2, 0) is 4.79 Å². The Morgan fingerprint density at radius 3 is 2.85 bits per heavy atom. The predicted octanol–water partition coefficient (Wildman–Crippen LogP) is 2.08. The van der Waals surface area contributed by atoms with Crippen LogP contribution in [0.4, 0.5) is 0 Å². The van der Waals surface area contributed by atoms with Gasteiger partial charge >= 0.3 is 5.97 Å². The molecule has 6 nitrogen and oxygen atoms in total. The minimum absolute atomic E-state index is 0.614. The van der Waals surface area contributed by atoms with Gasteiger partial charge in [0.2, 0.25) is 0 Å². The highest BCUT2D eigenvalue weighted by atomic mass is 16.4. The van der Waals surface area contributed by atoms with Crippen molar-refractivity contribution in [2.45, 2.75) is 26.7 Å². The number of aryl methyl sites for hydroxylation is 2. The van der Waals surface area contributed by atoms with E-state index in [9.17, 15) is 9.90 Å². The van der Waals surface area contributed by atoms with E-state index in [1.807, 2.05) is 26.0 Å². The summed E-state index contributed by atoms with van der Waals surface area (Å²) in [4.78, 5) is 20.0. The Labute approximate surface area is 115 Å². The highest BCUT2D eigenvalue weighted by Gasteiger charge is 2.22. The normalized spacial score (nSPS) is 12.9. The molecule has 102 valence electrons.